The van der Waals surface area contributed by atoms with Gasteiger partial charge in [-0.2, -0.15) is 0 Å². The summed E-state index contributed by atoms with van der Waals surface area (Å²) in [6.07, 6.45) is 6.01. The second kappa shape index (κ2) is 6.62. The summed E-state index contributed by atoms with van der Waals surface area (Å²) in [6, 6.07) is 12.3. The minimum absolute atomic E-state index is 0.155. The molecule has 3 rings (SSSR count). The van der Waals surface area contributed by atoms with Crippen molar-refractivity contribution in [1.82, 2.24) is 0 Å². The number of hydrogen-bond donors (Lipinski definition) is 0. The lowest BCUT2D eigenvalue weighted by Crippen LogP contribution is -2.14. The molecule has 114 valence electrons. The zero-order chi connectivity index (χ0) is 15.5. The fourth-order valence-corrected chi connectivity index (χ4v) is 4.31. The van der Waals surface area contributed by atoms with Gasteiger partial charge in [0, 0.05) is 4.88 Å². The number of benzene rings is 1. The van der Waals surface area contributed by atoms with Gasteiger partial charge in [-0.15, -0.1) is 11.3 Å². The number of thiophene rings is 1. The normalized spacial score (nSPS) is 15.7. The Morgan fingerprint density at radius 2 is 1.82 bits per heavy atom. The molecule has 0 atom stereocenters. The van der Waals surface area contributed by atoms with E-state index in [1.165, 1.54) is 35.3 Å². The molecule has 1 fully saturated rings. The molecule has 0 bridgehead atoms. The molecule has 2 aromatic rings. The summed E-state index contributed by atoms with van der Waals surface area (Å²) in [6.45, 7) is 6.21. The first-order valence-corrected chi connectivity index (χ1v) is 8.88. The molecule has 0 unspecified atom stereocenters. The highest BCUT2D eigenvalue weighted by molar-refractivity contribution is 7.14. The number of carbonyl (C=O) groups is 1. The number of allylic oxidation sites excluding steroid dienone is 1. The van der Waals surface area contributed by atoms with Gasteiger partial charge in [-0.3, -0.25) is 4.79 Å². The average molecular weight is 310 g/mol. The fraction of sp³-hybridized carbons (Fsp3) is 0.350. The van der Waals surface area contributed by atoms with Crippen molar-refractivity contribution in [2.75, 3.05) is 0 Å². The molecule has 1 heterocycles. The van der Waals surface area contributed by atoms with Gasteiger partial charge in [-0.25, -0.2) is 0 Å². The minimum atomic E-state index is 0.155. The van der Waals surface area contributed by atoms with Crippen molar-refractivity contribution < 1.29 is 4.79 Å². The van der Waals surface area contributed by atoms with Crippen LogP contribution in [0.25, 0.3) is 11.1 Å². The molecule has 2 heteroatoms. The average Bonchev–Trinajstić information content (AvgIpc) is 2.97. The van der Waals surface area contributed by atoms with E-state index in [0.29, 0.717) is 5.92 Å². The molecule has 1 aromatic carbocycles. The first-order chi connectivity index (χ1) is 10.7. The van der Waals surface area contributed by atoms with Crippen molar-refractivity contribution in [3.05, 3.63) is 58.3 Å². The number of aryl methyl sites for hydroxylation is 1. The van der Waals surface area contributed by atoms with E-state index >= 15 is 0 Å². The lowest BCUT2D eigenvalue weighted by atomic mass is 9.82. The van der Waals surface area contributed by atoms with Crippen LogP contribution in [0.3, 0.4) is 0 Å². The summed E-state index contributed by atoms with van der Waals surface area (Å²) in [5.41, 5.74) is 3.17. The lowest BCUT2D eigenvalue weighted by Gasteiger charge is -2.22. The molecule has 0 saturated heterocycles. The molecule has 1 aliphatic rings. The van der Waals surface area contributed by atoms with E-state index in [9.17, 15) is 4.79 Å². The Kier molecular flexibility index (Phi) is 4.58. The van der Waals surface area contributed by atoms with Crippen LogP contribution in [0.4, 0.5) is 0 Å². The Balaban J connectivity index is 1.83. The van der Waals surface area contributed by atoms with Crippen molar-refractivity contribution in [3.63, 3.8) is 0 Å². The third-order valence-corrected chi connectivity index (χ3v) is 5.67. The maximum Gasteiger partial charge on any atom is 0.198 e. The van der Waals surface area contributed by atoms with Crippen molar-refractivity contribution >= 4 is 17.1 Å². The standard InChI is InChI=1S/C20H22OS/c1-14(16-9-5-3-6-10-16)20(21)19-13-18(15(2)22-19)17-11-7-4-8-12-17/h4,7-8,11-13,16H,1,3,5-6,9-10H2,2H3. The topological polar surface area (TPSA) is 17.1 Å². The number of carbonyl (C=O) groups excluding carboxylic acids is 1. The van der Waals surface area contributed by atoms with Crippen molar-refractivity contribution in [3.8, 4) is 11.1 Å². The Hall–Kier alpha value is -1.67. The van der Waals surface area contributed by atoms with Gasteiger partial charge in [0.1, 0.15) is 0 Å². The largest absolute Gasteiger partial charge is 0.288 e. The predicted molar refractivity (Wildman–Crippen MR) is 94.5 cm³/mol. The summed E-state index contributed by atoms with van der Waals surface area (Å²) in [4.78, 5) is 14.8. The summed E-state index contributed by atoms with van der Waals surface area (Å²) in [5.74, 6) is 0.547. The smallest absolute Gasteiger partial charge is 0.198 e. The maximum atomic E-state index is 12.8. The highest BCUT2D eigenvalue weighted by Gasteiger charge is 2.24. The molecule has 1 nitrogen and oxygen atoms in total. The monoisotopic (exact) mass is 310 g/mol. The van der Waals surface area contributed by atoms with E-state index in [1.807, 2.05) is 24.3 Å². The minimum Gasteiger partial charge on any atom is -0.288 e. The van der Waals surface area contributed by atoms with Crippen LogP contribution < -0.4 is 0 Å². The summed E-state index contributed by atoms with van der Waals surface area (Å²) >= 11 is 1.60. The van der Waals surface area contributed by atoms with E-state index < -0.39 is 0 Å². The Bertz CT molecular complexity index is 675. The first kappa shape index (κ1) is 15.2. The van der Waals surface area contributed by atoms with E-state index in [0.717, 1.165) is 23.3 Å². The van der Waals surface area contributed by atoms with Crippen LogP contribution in [-0.2, 0) is 0 Å². The molecule has 0 radical (unpaired) electrons. The summed E-state index contributed by atoms with van der Waals surface area (Å²) in [7, 11) is 0. The SMILES string of the molecule is C=C(C(=O)c1cc(-c2ccccc2)c(C)s1)C1CCCCC1. The van der Waals surface area contributed by atoms with Gasteiger partial charge in [0.15, 0.2) is 5.78 Å². The summed E-state index contributed by atoms with van der Waals surface area (Å²) < 4.78 is 0. The summed E-state index contributed by atoms with van der Waals surface area (Å²) in [5, 5.41) is 0. The number of hydrogen-bond acceptors (Lipinski definition) is 2. The van der Waals surface area contributed by atoms with Gasteiger partial charge in [0.2, 0.25) is 0 Å². The molecule has 22 heavy (non-hydrogen) atoms. The Morgan fingerprint density at radius 1 is 1.14 bits per heavy atom. The maximum absolute atomic E-state index is 12.8. The zero-order valence-electron chi connectivity index (χ0n) is 13.1. The van der Waals surface area contributed by atoms with Crippen LogP contribution in [-0.4, -0.2) is 5.78 Å². The second-order valence-electron chi connectivity index (χ2n) is 6.14. The molecule has 0 aliphatic heterocycles. The van der Waals surface area contributed by atoms with Gasteiger partial charge in [0.25, 0.3) is 0 Å². The van der Waals surface area contributed by atoms with Gasteiger partial charge in [-0.05, 0) is 48.4 Å². The fourth-order valence-electron chi connectivity index (χ4n) is 3.29. The van der Waals surface area contributed by atoms with Crippen LogP contribution in [0, 0.1) is 12.8 Å². The predicted octanol–water partition coefficient (Wildman–Crippen LogP) is 6.04. The van der Waals surface area contributed by atoms with Crippen LogP contribution in [0.15, 0.2) is 48.6 Å². The molecule has 1 aliphatic carbocycles. The van der Waals surface area contributed by atoms with Gasteiger partial charge in [-0.1, -0.05) is 56.2 Å². The molecule has 1 aromatic heterocycles. The highest BCUT2D eigenvalue weighted by Crippen LogP contribution is 2.35. The van der Waals surface area contributed by atoms with Crippen LogP contribution in [0.1, 0.15) is 46.7 Å². The Labute approximate surface area is 136 Å². The van der Waals surface area contributed by atoms with Crippen LogP contribution in [0.2, 0.25) is 0 Å². The Morgan fingerprint density at radius 3 is 2.50 bits per heavy atom. The highest BCUT2D eigenvalue weighted by atomic mass is 32.1. The number of rotatable bonds is 4. The first-order valence-electron chi connectivity index (χ1n) is 8.06. The van der Waals surface area contributed by atoms with Crippen molar-refractivity contribution in [1.29, 1.82) is 0 Å². The van der Waals surface area contributed by atoms with Gasteiger partial charge >= 0.3 is 0 Å². The number of ketones is 1. The van der Waals surface area contributed by atoms with E-state index in [-0.39, 0.29) is 5.78 Å². The van der Waals surface area contributed by atoms with Crippen molar-refractivity contribution in [2.24, 2.45) is 5.92 Å². The van der Waals surface area contributed by atoms with Gasteiger partial charge in [0.05, 0.1) is 4.88 Å². The van der Waals surface area contributed by atoms with E-state index in [2.05, 4.69) is 25.6 Å². The van der Waals surface area contributed by atoms with E-state index in [1.54, 1.807) is 11.3 Å². The molecule has 0 N–H and O–H groups in total. The second-order valence-corrected chi connectivity index (χ2v) is 7.39. The van der Waals surface area contributed by atoms with Crippen LogP contribution >= 0.6 is 11.3 Å². The molecule has 0 spiro atoms. The quantitative estimate of drug-likeness (QED) is 0.497. The zero-order valence-corrected chi connectivity index (χ0v) is 13.9. The molecule has 1 saturated carbocycles. The third kappa shape index (κ3) is 3.07. The lowest BCUT2D eigenvalue weighted by molar-refractivity contribution is 0.102. The van der Waals surface area contributed by atoms with Gasteiger partial charge < -0.3 is 0 Å². The van der Waals surface area contributed by atoms with Crippen molar-refractivity contribution in [2.45, 2.75) is 39.0 Å². The van der Waals surface area contributed by atoms with E-state index in [4.69, 9.17) is 0 Å². The number of Topliss-reactive ketones (excluding diaryl/α,β-unsaturated/α-hetero) is 1. The molecule has 0 amide bonds. The third-order valence-electron chi connectivity index (χ3n) is 4.62. The molecular formula is C20H22OS. The van der Waals surface area contributed by atoms with Crippen LogP contribution in [0.5, 0.6) is 0 Å². The molecular weight excluding hydrogens is 288 g/mol.